The molecule has 4 nitrogen and oxygen atoms in total. The Hall–Kier alpha value is -0.620. The Morgan fingerprint density at radius 1 is 1.29 bits per heavy atom. The lowest BCUT2D eigenvalue weighted by Crippen LogP contribution is -2.51. The molecule has 6 heteroatoms. The highest BCUT2D eigenvalue weighted by Gasteiger charge is 2.41. The molecule has 2 rings (SSSR count). The highest BCUT2D eigenvalue weighted by molar-refractivity contribution is 7.89. The van der Waals surface area contributed by atoms with Gasteiger partial charge in [0.25, 0.3) is 0 Å². The van der Waals surface area contributed by atoms with Crippen LogP contribution in [0.4, 0.5) is 0 Å². The van der Waals surface area contributed by atoms with Gasteiger partial charge in [0.1, 0.15) is 0 Å². The Morgan fingerprint density at radius 3 is 2.38 bits per heavy atom. The van der Waals surface area contributed by atoms with Gasteiger partial charge in [0, 0.05) is 23.9 Å². The van der Waals surface area contributed by atoms with Crippen molar-refractivity contribution in [2.75, 3.05) is 13.1 Å². The average Bonchev–Trinajstić information content (AvgIpc) is 2.38. The first kappa shape index (κ1) is 16.7. The molecule has 1 N–H and O–H groups in total. The van der Waals surface area contributed by atoms with Crippen molar-refractivity contribution in [1.29, 1.82) is 0 Å². The zero-order valence-electron chi connectivity index (χ0n) is 12.6. The van der Waals surface area contributed by atoms with Crippen molar-refractivity contribution in [3.63, 3.8) is 0 Å². The van der Waals surface area contributed by atoms with Crippen molar-refractivity contribution >= 4 is 21.6 Å². The van der Waals surface area contributed by atoms with Gasteiger partial charge in [0.2, 0.25) is 10.0 Å². The molecule has 0 amide bonds. The quantitative estimate of drug-likeness (QED) is 0.865. The SMILES string of the molecule is Cc1ccc(S(=O)(=O)N2CC[C@H](O)[C@H](C(C)(C)Cl)C2)cc1. The lowest BCUT2D eigenvalue weighted by molar-refractivity contribution is 0.0380. The average molecular weight is 332 g/mol. The van der Waals surface area contributed by atoms with Gasteiger partial charge < -0.3 is 5.11 Å². The van der Waals surface area contributed by atoms with Crippen LogP contribution in [-0.4, -0.2) is 41.9 Å². The Kier molecular flexibility index (Phi) is 4.69. The number of sulfonamides is 1. The lowest BCUT2D eigenvalue weighted by atomic mass is 9.85. The molecule has 0 aliphatic carbocycles. The molecule has 0 radical (unpaired) electrons. The van der Waals surface area contributed by atoms with Crippen LogP contribution in [0.1, 0.15) is 25.8 Å². The normalized spacial score (nSPS) is 25.0. The van der Waals surface area contributed by atoms with Crippen LogP contribution in [0.2, 0.25) is 0 Å². The highest BCUT2D eigenvalue weighted by atomic mass is 35.5. The van der Waals surface area contributed by atoms with Crippen LogP contribution < -0.4 is 0 Å². The van der Waals surface area contributed by atoms with E-state index in [0.29, 0.717) is 13.0 Å². The number of halogens is 1. The molecular weight excluding hydrogens is 310 g/mol. The second-order valence-corrected chi connectivity index (χ2v) is 9.12. The van der Waals surface area contributed by atoms with E-state index in [1.807, 2.05) is 20.8 Å². The second kappa shape index (κ2) is 5.88. The van der Waals surface area contributed by atoms with Crippen molar-refractivity contribution in [3.8, 4) is 0 Å². The molecule has 1 aliphatic rings. The van der Waals surface area contributed by atoms with E-state index in [9.17, 15) is 13.5 Å². The summed E-state index contributed by atoms with van der Waals surface area (Å²) < 4.78 is 26.8. The Balaban J connectivity index is 2.27. The van der Waals surface area contributed by atoms with E-state index in [1.165, 1.54) is 4.31 Å². The first-order valence-corrected chi connectivity index (χ1v) is 8.88. The Labute approximate surface area is 131 Å². The summed E-state index contributed by atoms with van der Waals surface area (Å²) in [4.78, 5) is -0.364. The molecule has 1 saturated heterocycles. The molecule has 0 unspecified atom stereocenters. The van der Waals surface area contributed by atoms with Gasteiger partial charge in [-0.1, -0.05) is 17.7 Å². The smallest absolute Gasteiger partial charge is 0.243 e. The zero-order valence-corrected chi connectivity index (χ0v) is 14.2. The molecule has 1 heterocycles. The standard InChI is InChI=1S/C15H22ClNO3S/c1-11-4-6-12(7-5-11)21(19,20)17-9-8-14(18)13(10-17)15(2,3)16/h4-7,13-14,18H,8-10H2,1-3H3/t13-,14+/m1/s1. The van der Waals surface area contributed by atoms with Crippen molar-refractivity contribution in [3.05, 3.63) is 29.8 Å². The second-order valence-electron chi connectivity index (χ2n) is 6.20. The summed E-state index contributed by atoms with van der Waals surface area (Å²) in [6.45, 7) is 6.10. The molecular formula is C15H22ClNO3S. The van der Waals surface area contributed by atoms with E-state index in [2.05, 4.69) is 0 Å². The molecule has 118 valence electrons. The summed E-state index contributed by atoms with van der Waals surface area (Å²) in [6, 6.07) is 6.82. The van der Waals surface area contributed by atoms with E-state index in [4.69, 9.17) is 11.6 Å². The first-order chi connectivity index (χ1) is 9.62. The number of nitrogens with zero attached hydrogens (tertiary/aromatic N) is 1. The van der Waals surface area contributed by atoms with Crippen LogP contribution in [0.25, 0.3) is 0 Å². The third-order valence-corrected chi connectivity index (χ3v) is 6.24. The topological polar surface area (TPSA) is 57.6 Å². The molecule has 0 saturated carbocycles. The number of hydrogen-bond donors (Lipinski definition) is 1. The van der Waals surface area contributed by atoms with Crippen molar-refractivity contribution in [1.82, 2.24) is 4.31 Å². The third-order valence-electron chi connectivity index (χ3n) is 4.08. The first-order valence-electron chi connectivity index (χ1n) is 7.06. The number of benzene rings is 1. The fourth-order valence-electron chi connectivity index (χ4n) is 2.66. The van der Waals surface area contributed by atoms with E-state index < -0.39 is 21.0 Å². The van der Waals surface area contributed by atoms with E-state index in [1.54, 1.807) is 24.3 Å². The van der Waals surface area contributed by atoms with Gasteiger partial charge in [-0.3, -0.25) is 0 Å². The number of aliphatic hydroxyl groups excluding tert-OH is 1. The van der Waals surface area contributed by atoms with Crippen molar-refractivity contribution in [2.24, 2.45) is 5.92 Å². The van der Waals surface area contributed by atoms with Gasteiger partial charge in [-0.15, -0.1) is 11.6 Å². The van der Waals surface area contributed by atoms with Gasteiger partial charge in [-0.2, -0.15) is 4.31 Å². The van der Waals surface area contributed by atoms with Crippen LogP contribution in [0, 0.1) is 12.8 Å². The molecule has 0 spiro atoms. The van der Waals surface area contributed by atoms with Gasteiger partial charge in [-0.05, 0) is 39.3 Å². The van der Waals surface area contributed by atoms with Crippen LogP contribution in [0.3, 0.4) is 0 Å². The van der Waals surface area contributed by atoms with Gasteiger partial charge in [-0.25, -0.2) is 8.42 Å². The van der Waals surface area contributed by atoms with Crippen molar-refractivity contribution < 1.29 is 13.5 Å². The van der Waals surface area contributed by atoms with E-state index in [0.717, 1.165) is 5.56 Å². The minimum Gasteiger partial charge on any atom is -0.393 e. The summed E-state index contributed by atoms with van der Waals surface area (Å²) in [5, 5.41) is 10.1. The van der Waals surface area contributed by atoms with Gasteiger partial charge in [0.05, 0.1) is 11.0 Å². The maximum atomic E-state index is 12.7. The molecule has 0 aromatic heterocycles. The molecule has 2 atom stereocenters. The summed E-state index contributed by atoms with van der Waals surface area (Å²) in [6.07, 6.45) is -0.159. The minimum atomic E-state index is -3.53. The molecule has 1 aliphatic heterocycles. The number of piperidine rings is 1. The number of rotatable bonds is 3. The minimum absolute atomic E-state index is 0.244. The summed E-state index contributed by atoms with van der Waals surface area (Å²) in [5.41, 5.74) is 1.02. The van der Waals surface area contributed by atoms with Gasteiger partial charge >= 0.3 is 0 Å². The number of aliphatic hydroxyl groups is 1. The Morgan fingerprint density at radius 2 is 1.86 bits per heavy atom. The summed E-state index contributed by atoms with van der Waals surface area (Å²) in [5.74, 6) is -0.284. The number of alkyl halides is 1. The molecule has 21 heavy (non-hydrogen) atoms. The Bertz CT molecular complexity index is 592. The molecule has 1 aromatic carbocycles. The predicted molar refractivity (Wildman–Crippen MR) is 84.0 cm³/mol. The molecule has 0 bridgehead atoms. The number of aryl methyl sites for hydroxylation is 1. The fourth-order valence-corrected chi connectivity index (χ4v) is 4.36. The summed E-state index contributed by atoms with van der Waals surface area (Å²) in [7, 11) is -3.53. The largest absolute Gasteiger partial charge is 0.393 e. The van der Waals surface area contributed by atoms with E-state index >= 15 is 0 Å². The monoisotopic (exact) mass is 331 g/mol. The van der Waals surface area contributed by atoms with Crippen molar-refractivity contribution in [2.45, 2.75) is 43.1 Å². The van der Waals surface area contributed by atoms with Crippen LogP contribution >= 0.6 is 11.6 Å². The fraction of sp³-hybridized carbons (Fsp3) is 0.600. The van der Waals surface area contributed by atoms with E-state index in [-0.39, 0.29) is 17.4 Å². The maximum absolute atomic E-state index is 12.7. The summed E-state index contributed by atoms with van der Waals surface area (Å²) >= 11 is 6.31. The maximum Gasteiger partial charge on any atom is 0.243 e. The predicted octanol–water partition coefficient (Wildman–Crippen LogP) is 2.38. The highest BCUT2D eigenvalue weighted by Crippen LogP contribution is 2.34. The van der Waals surface area contributed by atoms with Crippen LogP contribution in [-0.2, 0) is 10.0 Å². The molecule has 1 fully saturated rings. The van der Waals surface area contributed by atoms with Gasteiger partial charge in [0.15, 0.2) is 0 Å². The van der Waals surface area contributed by atoms with Crippen LogP contribution in [0.15, 0.2) is 29.2 Å². The number of hydrogen-bond acceptors (Lipinski definition) is 3. The third kappa shape index (κ3) is 3.59. The zero-order chi connectivity index (χ0) is 15.8. The molecule has 1 aromatic rings. The van der Waals surface area contributed by atoms with Crippen LogP contribution in [0.5, 0.6) is 0 Å². The lowest BCUT2D eigenvalue weighted by Gasteiger charge is -2.40.